The first-order valence-electron chi connectivity index (χ1n) is 15.4. The van der Waals surface area contributed by atoms with E-state index in [0.29, 0.717) is 0 Å². The van der Waals surface area contributed by atoms with Gasteiger partial charge in [0.05, 0.1) is 22.1 Å². The summed E-state index contributed by atoms with van der Waals surface area (Å²) in [6, 6.07) is 56.6. The van der Waals surface area contributed by atoms with Crippen molar-refractivity contribution in [3.05, 3.63) is 158 Å². The zero-order valence-electron chi connectivity index (χ0n) is 24.3. The van der Waals surface area contributed by atoms with Crippen molar-refractivity contribution < 1.29 is 4.42 Å². The largest absolute Gasteiger partial charge is 0.456 e. The van der Waals surface area contributed by atoms with E-state index in [4.69, 9.17) is 4.42 Å². The molecule has 7 aromatic carbocycles. The SMILES string of the molecule is c1ccc(-n2c3ccccc3c3cc4c(cc32)c2ccccc2n4-c2cccc(-c3ccc4oc5ccccc5c4c3)c2)cc1. The van der Waals surface area contributed by atoms with Gasteiger partial charge in [-0.15, -0.1) is 0 Å². The second-order valence-electron chi connectivity index (χ2n) is 11.8. The zero-order valence-corrected chi connectivity index (χ0v) is 24.3. The normalized spacial score (nSPS) is 12.0. The fourth-order valence-corrected chi connectivity index (χ4v) is 7.29. The molecular weight excluding hydrogens is 548 g/mol. The molecule has 0 atom stereocenters. The maximum atomic E-state index is 6.11. The molecule has 0 N–H and O–H groups in total. The predicted molar refractivity (Wildman–Crippen MR) is 188 cm³/mol. The zero-order chi connectivity index (χ0) is 29.5. The summed E-state index contributed by atoms with van der Waals surface area (Å²) in [7, 11) is 0. The molecule has 0 saturated heterocycles. The average Bonchev–Trinajstić information content (AvgIpc) is 3.75. The van der Waals surface area contributed by atoms with Gasteiger partial charge in [-0.25, -0.2) is 0 Å². The topological polar surface area (TPSA) is 23.0 Å². The van der Waals surface area contributed by atoms with Crippen molar-refractivity contribution in [2.24, 2.45) is 0 Å². The van der Waals surface area contributed by atoms with Gasteiger partial charge in [-0.2, -0.15) is 0 Å². The number of rotatable bonds is 3. The molecule has 0 aliphatic heterocycles. The molecule has 0 amide bonds. The van der Waals surface area contributed by atoms with Gasteiger partial charge >= 0.3 is 0 Å². The van der Waals surface area contributed by atoms with E-state index in [1.165, 1.54) is 60.4 Å². The molecule has 0 fully saturated rings. The van der Waals surface area contributed by atoms with Gasteiger partial charge in [0.2, 0.25) is 0 Å². The molecule has 0 aliphatic rings. The lowest BCUT2D eigenvalue weighted by atomic mass is 10.0. The van der Waals surface area contributed by atoms with Gasteiger partial charge in [0.25, 0.3) is 0 Å². The minimum Gasteiger partial charge on any atom is -0.456 e. The van der Waals surface area contributed by atoms with Crippen LogP contribution in [0.1, 0.15) is 0 Å². The minimum absolute atomic E-state index is 0.914. The molecule has 3 heterocycles. The third-order valence-electron chi connectivity index (χ3n) is 9.29. The van der Waals surface area contributed by atoms with Crippen LogP contribution in [0.25, 0.3) is 88.1 Å². The quantitative estimate of drug-likeness (QED) is 0.206. The first kappa shape index (κ1) is 24.4. The van der Waals surface area contributed by atoms with E-state index in [0.717, 1.165) is 27.6 Å². The molecule has 0 saturated carbocycles. The van der Waals surface area contributed by atoms with Gasteiger partial charge in [-0.05, 0) is 77.9 Å². The van der Waals surface area contributed by atoms with Crippen molar-refractivity contribution in [1.29, 1.82) is 0 Å². The van der Waals surface area contributed by atoms with E-state index in [9.17, 15) is 0 Å². The number of nitrogens with zero attached hydrogens (tertiary/aromatic N) is 2. The van der Waals surface area contributed by atoms with Crippen LogP contribution in [0, 0.1) is 0 Å². The monoisotopic (exact) mass is 574 g/mol. The molecule has 0 spiro atoms. The van der Waals surface area contributed by atoms with Crippen LogP contribution >= 0.6 is 0 Å². The van der Waals surface area contributed by atoms with Gasteiger partial charge in [0.1, 0.15) is 11.2 Å². The Kier molecular flexibility index (Phi) is 5.00. The molecule has 0 aliphatic carbocycles. The number of hydrogen-bond acceptors (Lipinski definition) is 1. The van der Waals surface area contributed by atoms with Gasteiger partial charge in [-0.3, -0.25) is 0 Å². The first-order chi connectivity index (χ1) is 22.3. The summed E-state index contributed by atoms with van der Waals surface area (Å²) in [4.78, 5) is 0. The van der Waals surface area contributed by atoms with E-state index < -0.39 is 0 Å². The van der Waals surface area contributed by atoms with Crippen LogP contribution in [0.5, 0.6) is 0 Å². The molecular formula is C42H26N2O. The molecule has 3 heteroatoms. The molecule has 0 unspecified atom stereocenters. The fourth-order valence-electron chi connectivity index (χ4n) is 7.29. The Bertz CT molecular complexity index is 2760. The highest BCUT2D eigenvalue weighted by Crippen LogP contribution is 2.40. The molecule has 0 radical (unpaired) electrons. The molecule has 0 bridgehead atoms. The van der Waals surface area contributed by atoms with Gasteiger partial charge in [0, 0.05) is 43.7 Å². The third-order valence-corrected chi connectivity index (χ3v) is 9.29. The smallest absolute Gasteiger partial charge is 0.135 e. The van der Waals surface area contributed by atoms with E-state index in [1.807, 2.05) is 12.1 Å². The number of hydrogen-bond donors (Lipinski definition) is 0. The second-order valence-corrected chi connectivity index (χ2v) is 11.8. The highest BCUT2D eigenvalue weighted by atomic mass is 16.3. The van der Waals surface area contributed by atoms with Crippen molar-refractivity contribution >= 4 is 65.6 Å². The molecule has 3 aromatic heterocycles. The number of fused-ring (bicyclic) bond motifs is 9. The van der Waals surface area contributed by atoms with E-state index in [1.54, 1.807) is 0 Å². The Balaban J connectivity index is 1.24. The Morgan fingerprint density at radius 2 is 0.867 bits per heavy atom. The van der Waals surface area contributed by atoms with Crippen molar-refractivity contribution in [2.45, 2.75) is 0 Å². The molecule has 45 heavy (non-hydrogen) atoms. The maximum Gasteiger partial charge on any atom is 0.135 e. The standard InChI is InChI=1S/C42H26N2O/c1-2-12-29(13-3-1)43-37-18-7-4-15-31(37)34-26-40-35(25-39(34)43)32-16-5-8-19-38(32)44(40)30-14-10-11-27(23-30)28-21-22-42-36(24-28)33-17-6-9-20-41(33)45-42/h1-26H. The maximum absolute atomic E-state index is 6.11. The fraction of sp³-hybridized carbons (Fsp3) is 0. The Morgan fingerprint density at radius 1 is 0.311 bits per heavy atom. The highest BCUT2D eigenvalue weighted by molar-refractivity contribution is 6.19. The second kappa shape index (κ2) is 9.22. The van der Waals surface area contributed by atoms with Gasteiger partial charge in [-0.1, -0.05) is 91.0 Å². The lowest BCUT2D eigenvalue weighted by Gasteiger charge is -2.11. The Hall–Kier alpha value is -6.06. The molecule has 10 aromatic rings. The Morgan fingerprint density at radius 3 is 1.60 bits per heavy atom. The van der Waals surface area contributed by atoms with E-state index >= 15 is 0 Å². The van der Waals surface area contributed by atoms with Crippen LogP contribution < -0.4 is 0 Å². The highest BCUT2D eigenvalue weighted by Gasteiger charge is 2.18. The first-order valence-corrected chi connectivity index (χ1v) is 15.4. The summed E-state index contributed by atoms with van der Waals surface area (Å²) >= 11 is 0. The van der Waals surface area contributed by atoms with E-state index in [2.05, 4.69) is 155 Å². The van der Waals surface area contributed by atoms with Gasteiger partial charge in [0.15, 0.2) is 0 Å². The molecule has 210 valence electrons. The number of para-hydroxylation sites is 4. The van der Waals surface area contributed by atoms with Crippen LogP contribution in [0.15, 0.2) is 162 Å². The van der Waals surface area contributed by atoms with Crippen LogP contribution in [0.2, 0.25) is 0 Å². The van der Waals surface area contributed by atoms with Crippen molar-refractivity contribution in [3.8, 4) is 22.5 Å². The van der Waals surface area contributed by atoms with Crippen LogP contribution in [0.3, 0.4) is 0 Å². The number of aromatic nitrogens is 2. The minimum atomic E-state index is 0.914. The summed E-state index contributed by atoms with van der Waals surface area (Å²) < 4.78 is 10.9. The summed E-state index contributed by atoms with van der Waals surface area (Å²) in [6.07, 6.45) is 0. The molecule has 3 nitrogen and oxygen atoms in total. The average molecular weight is 575 g/mol. The summed E-state index contributed by atoms with van der Waals surface area (Å²) in [5.41, 5.74) is 11.3. The van der Waals surface area contributed by atoms with Gasteiger partial charge < -0.3 is 13.6 Å². The van der Waals surface area contributed by atoms with E-state index in [-0.39, 0.29) is 0 Å². The van der Waals surface area contributed by atoms with Crippen LogP contribution in [-0.2, 0) is 0 Å². The summed E-state index contributed by atoms with van der Waals surface area (Å²) in [5, 5.41) is 7.28. The third kappa shape index (κ3) is 3.52. The predicted octanol–water partition coefficient (Wildman–Crippen LogP) is 11.4. The molecule has 10 rings (SSSR count). The van der Waals surface area contributed by atoms with Crippen molar-refractivity contribution in [3.63, 3.8) is 0 Å². The number of benzene rings is 7. The van der Waals surface area contributed by atoms with Crippen molar-refractivity contribution in [2.75, 3.05) is 0 Å². The summed E-state index contributed by atoms with van der Waals surface area (Å²) in [5.74, 6) is 0. The summed E-state index contributed by atoms with van der Waals surface area (Å²) in [6.45, 7) is 0. The lowest BCUT2D eigenvalue weighted by Crippen LogP contribution is -1.95. The Labute approximate surface area is 258 Å². The van der Waals surface area contributed by atoms with Crippen molar-refractivity contribution in [1.82, 2.24) is 9.13 Å². The lowest BCUT2D eigenvalue weighted by molar-refractivity contribution is 0.669. The van der Waals surface area contributed by atoms with Crippen LogP contribution in [0.4, 0.5) is 0 Å². The number of furan rings is 1. The van der Waals surface area contributed by atoms with Crippen LogP contribution in [-0.4, -0.2) is 9.13 Å².